The maximum atomic E-state index is 14.7. The van der Waals surface area contributed by atoms with Gasteiger partial charge in [0.1, 0.15) is 29.7 Å². The molecule has 1 aliphatic rings. The number of nitrogens with zero attached hydrogens (tertiary/aromatic N) is 4. The highest BCUT2D eigenvalue weighted by molar-refractivity contribution is 6.02. The zero-order chi connectivity index (χ0) is 21.5. The summed E-state index contributed by atoms with van der Waals surface area (Å²) in [6.45, 7) is 2.81. The van der Waals surface area contributed by atoms with Crippen LogP contribution in [0.5, 0.6) is 11.6 Å². The summed E-state index contributed by atoms with van der Waals surface area (Å²) in [5.74, 6) is 1.29. The fourth-order valence-corrected chi connectivity index (χ4v) is 4.32. The van der Waals surface area contributed by atoms with Crippen LogP contribution in [-0.4, -0.2) is 38.8 Å². The number of pyridine rings is 1. The van der Waals surface area contributed by atoms with Crippen molar-refractivity contribution in [3.63, 3.8) is 0 Å². The van der Waals surface area contributed by atoms with Crippen molar-refractivity contribution in [3.05, 3.63) is 60.2 Å². The molecule has 0 saturated carbocycles. The van der Waals surface area contributed by atoms with E-state index in [9.17, 15) is 4.39 Å². The molecule has 5 rings (SSSR count). The van der Waals surface area contributed by atoms with Gasteiger partial charge in [-0.05, 0) is 30.7 Å². The number of hydrogen-bond acceptors (Lipinski definition) is 6. The van der Waals surface area contributed by atoms with E-state index in [1.807, 2.05) is 61.0 Å². The minimum atomic E-state index is -0.981. The molecule has 7 nitrogen and oxygen atoms in total. The van der Waals surface area contributed by atoms with Crippen molar-refractivity contribution < 1.29 is 9.13 Å². The van der Waals surface area contributed by atoms with Crippen molar-refractivity contribution in [2.75, 3.05) is 18.8 Å². The average Bonchev–Trinajstić information content (AvgIpc) is 3.30. The van der Waals surface area contributed by atoms with Crippen LogP contribution in [-0.2, 0) is 7.05 Å². The van der Waals surface area contributed by atoms with E-state index in [-0.39, 0.29) is 5.92 Å². The summed E-state index contributed by atoms with van der Waals surface area (Å²) < 4.78 is 22.6. The van der Waals surface area contributed by atoms with Gasteiger partial charge in [0, 0.05) is 49.1 Å². The molecular weight excluding hydrogens is 395 g/mol. The number of anilines is 1. The van der Waals surface area contributed by atoms with Gasteiger partial charge in [0.2, 0.25) is 5.88 Å². The van der Waals surface area contributed by atoms with E-state index < -0.39 is 6.17 Å². The third-order valence-electron chi connectivity index (χ3n) is 5.76. The van der Waals surface area contributed by atoms with Crippen LogP contribution in [0.2, 0.25) is 0 Å². The Morgan fingerprint density at radius 3 is 2.65 bits per heavy atom. The molecule has 1 saturated heterocycles. The predicted molar refractivity (Wildman–Crippen MR) is 118 cm³/mol. The molecule has 31 heavy (non-hydrogen) atoms. The minimum Gasteiger partial charge on any atom is -0.439 e. The van der Waals surface area contributed by atoms with Crippen molar-refractivity contribution in [2.45, 2.75) is 19.0 Å². The fraction of sp³-hybridized carbons (Fsp3) is 0.261. The molecule has 0 bridgehead atoms. The number of fused-ring (bicyclic) bond motifs is 1. The summed E-state index contributed by atoms with van der Waals surface area (Å²) in [7, 11) is 1.90. The van der Waals surface area contributed by atoms with Crippen LogP contribution in [0.15, 0.2) is 48.8 Å². The monoisotopic (exact) mass is 418 g/mol. The molecule has 8 heteroatoms. The first-order valence-corrected chi connectivity index (χ1v) is 10.2. The third-order valence-corrected chi connectivity index (χ3v) is 5.76. The number of rotatable bonds is 4. The first kappa shape index (κ1) is 19.4. The average molecular weight is 418 g/mol. The second-order valence-corrected chi connectivity index (χ2v) is 7.80. The van der Waals surface area contributed by atoms with E-state index >= 15 is 0 Å². The first-order valence-electron chi connectivity index (χ1n) is 10.2. The Balaban J connectivity index is 1.61. The number of hydrogen-bond donors (Lipinski definition) is 2. The van der Waals surface area contributed by atoms with Crippen molar-refractivity contribution in [2.24, 2.45) is 7.05 Å². The molecule has 3 aromatic heterocycles. The molecule has 1 aliphatic heterocycles. The maximum absolute atomic E-state index is 14.7. The lowest BCUT2D eigenvalue weighted by Crippen LogP contribution is -2.15. The highest BCUT2D eigenvalue weighted by Crippen LogP contribution is 2.42. The molecule has 158 valence electrons. The Morgan fingerprint density at radius 1 is 1.13 bits per heavy atom. The summed E-state index contributed by atoms with van der Waals surface area (Å²) >= 11 is 0. The zero-order valence-electron chi connectivity index (χ0n) is 17.3. The van der Waals surface area contributed by atoms with Gasteiger partial charge in [-0.25, -0.2) is 19.3 Å². The van der Waals surface area contributed by atoms with Crippen molar-refractivity contribution in [3.8, 4) is 22.8 Å². The smallest absolute Gasteiger partial charge is 0.219 e. The molecule has 1 aromatic carbocycles. The van der Waals surface area contributed by atoms with E-state index in [0.29, 0.717) is 36.2 Å². The molecule has 1 fully saturated rings. The van der Waals surface area contributed by atoms with Crippen LogP contribution >= 0.6 is 0 Å². The first-order chi connectivity index (χ1) is 15.0. The Bertz CT molecular complexity index is 1250. The van der Waals surface area contributed by atoms with Crippen LogP contribution in [0, 0.1) is 6.92 Å². The summed E-state index contributed by atoms with van der Waals surface area (Å²) in [4.78, 5) is 13.0. The van der Waals surface area contributed by atoms with Gasteiger partial charge in [0.15, 0.2) is 0 Å². The van der Waals surface area contributed by atoms with E-state index in [2.05, 4.69) is 20.3 Å². The van der Waals surface area contributed by atoms with Gasteiger partial charge in [-0.15, -0.1) is 0 Å². The summed E-state index contributed by atoms with van der Waals surface area (Å²) in [6, 6.07) is 13.3. The van der Waals surface area contributed by atoms with Gasteiger partial charge in [0.05, 0.1) is 5.39 Å². The number of nitrogens with two attached hydrogens (primary N) is 1. The molecule has 4 heterocycles. The van der Waals surface area contributed by atoms with Gasteiger partial charge in [-0.2, -0.15) is 0 Å². The Morgan fingerprint density at radius 2 is 1.94 bits per heavy atom. The normalized spacial score (nSPS) is 18.5. The lowest BCUT2D eigenvalue weighted by Gasteiger charge is -2.16. The van der Waals surface area contributed by atoms with Crippen LogP contribution in [0.3, 0.4) is 0 Å². The van der Waals surface area contributed by atoms with Gasteiger partial charge < -0.3 is 20.4 Å². The number of halogens is 1. The van der Waals surface area contributed by atoms with Gasteiger partial charge in [0.25, 0.3) is 0 Å². The molecule has 3 N–H and O–H groups in total. The Kier molecular flexibility index (Phi) is 4.78. The number of nitrogen functional groups attached to an aromatic ring is 1. The summed E-state index contributed by atoms with van der Waals surface area (Å²) in [5.41, 5.74) is 10.5. The highest BCUT2D eigenvalue weighted by Gasteiger charge is 2.34. The molecule has 0 spiro atoms. The molecule has 0 amide bonds. The standard InChI is InChI=1S/C23H23FN6O/c1-13-4-3-5-18(29-13)31-15-8-6-14(7-9-15)19-20-22(25)27-12-28-23(20)30(2)21(19)16-10-26-11-17(16)24/h3-9,12,16-17,26H,10-11H2,1-2H3,(H2,25,27,28). The van der Waals surface area contributed by atoms with Crippen molar-refractivity contribution >= 4 is 16.9 Å². The molecule has 2 unspecified atom stereocenters. The van der Waals surface area contributed by atoms with E-state index in [0.717, 1.165) is 27.9 Å². The van der Waals surface area contributed by atoms with Gasteiger partial charge >= 0.3 is 0 Å². The molecule has 2 atom stereocenters. The SMILES string of the molecule is Cc1cccc(Oc2ccc(-c3c(C4CNCC4F)n(C)c4ncnc(N)c34)cc2)n1. The number of aromatic nitrogens is 4. The molecule has 0 radical (unpaired) electrons. The Labute approximate surface area is 179 Å². The quantitative estimate of drug-likeness (QED) is 0.525. The van der Waals surface area contributed by atoms with Gasteiger partial charge in [-0.3, -0.25) is 0 Å². The molecule has 4 aromatic rings. The second kappa shape index (κ2) is 7.63. The number of alkyl halides is 1. The minimum absolute atomic E-state index is 0.291. The van der Waals surface area contributed by atoms with Crippen molar-refractivity contribution in [1.29, 1.82) is 0 Å². The molecular formula is C23H23FN6O. The predicted octanol–water partition coefficient (Wildman–Crippen LogP) is 3.74. The van der Waals surface area contributed by atoms with Crippen LogP contribution < -0.4 is 15.8 Å². The van der Waals surface area contributed by atoms with E-state index in [1.54, 1.807) is 0 Å². The topological polar surface area (TPSA) is 90.9 Å². The van der Waals surface area contributed by atoms with Gasteiger partial charge in [-0.1, -0.05) is 18.2 Å². The lowest BCUT2D eigenvalue weighted by atomic mass is 9.94. The summed E-state index contributed by atoms with van der Waals surface area (Å²) in [5, 5.41) is 3.89. The number of ether oxygens (including phenoxy) is 1. The van der Waals surface area contributed by atoms with Crippen LogP contribution in [0.1, 0.15) is 17.3 Å². The largest absolute Gasteiger partial charge is 0.439 e. The van der Waals surface area contributed by atoms with Crippen LogP contribution in [0.4, 0.5) is 10.2 Å². The van der Waals surface area contributed by atoms with Crippen molar-refractivity contribution in [1.82, 2.24) is 24.8 Å². The van der Waals surface area contributed by atoms with E-state index in [1.165, 1.54) is 6.33 Å². The third kappa shape index (κ3) is 3.38. The number of nitrogens with one attached hydrogen (secondary N) is 1. The highest BCUT2D eigenvalue weighted by atomic mass is 19.1. The van der Waals surface area contributed by atoms with Crippen LogP contribution in [0.25, 0.3) is 22.2 Å². The van der Waals surface area contributed by atoms with E-state index in [4.69, 9.17) is 10.5 Å². The zero-order valence-corrected chi connectivity index (χ0v) is 17.3. The second-order valence-electron chi connectivity index (χ2n) is 7.80. The Hall–Kier alpha value is -3.52. The maximum Gasteiger partial charge on any atom is 0.219 e. The lowest BCUT2D eigenvalue weighted by molar-refractivity contribution is 0.327. The fourth-order valence-electron chi connectivity index (χ4n) is 4.32. The number of benzene rings is 1. The summed E-state index contributed by atoms with van der Waals surface area (Å²) in [6.07, 6.45) is 0.461. The molecule has 0 aliphatic carbocycles. The number of aryl methyl sites for hydroxylation is 2.